The minimum Gasteiger partial charge on any atom is -0.312 e. The lowest BCUT2D eigenvalue weighted by Gasteiger charge is -2.27. The smallest absolute Gasteiger partial charge is 0.0666 e. The van der Waals surface area contributed by atoms with Crippen LogP contribution in [0, 0.1) is 11.3 Å². The van der Waals surface area contributed by atoms with Gasteiger partial charge in [0.2, 0.25) is 0 Å². The molecule has 0 fully saturated rings. The standard InChI is InChI=1S/C14H27N3/c1-7-13-12(10-17(6)16-13)9-15-8-11(2)14(3,4)5/h10-11,15H,7-9H2,1-6H3. The fourth-order valence-electron chi connectivity index (χ4n) is 1.76. The van der Waals surface area contributed by atoms with Crippen LogP contribution in [-0.2, 0) is 20.0 Å². The van der Waals surface area contributed by atoms with E-state index in [1.807, 2.05) is 11.7 Å². The molecule has 0 amide bonds. The van der Waals surface area contributed by atoms with E-state index in [0.717, 1.165) is 19.5 Å². The number of nitrogens with one attached hydrogen (secondary N) is 1. The van der Waals surface area contributed by atoms with E-state index >= 15 is 0 Å². The molecule has 0 radical (unpaired) electrons. The van der Waals surface area contributed by atoms with E-state index in [0.29, 0.717) is 11.3 Å². The van der Waals surface area contributed by atoms with Crippen molar-refractivity contribution in [2.75, 3.05) is 6.54 Å². The Morgan fingerprint density at radius 2 is 2.06 bits per heavy atom. The average molecular weight is 237 g/mol. The summed E-state index contributed by atoms with van der Waals surface area (Å²) in [7, 11) is 1.99. The van der Waals surface area contributed by atoms with Gasteiger partial charge in [-0.25, -0.2) is 0 Å². The highest BCUT2D eigenvalue weighted by Gasteiger charge is 2.19. The summed E-state index contributed by atoms with van der Waals surface area (Å²) in [5, 5.41) is 8.00. The molecule has 1 aromatic rings. The van der Waals surface area contributed by atoms with Gasteiger partial charge in [0.1, 0.15) is 0 Å². The van der Waals surface area contributed by atoms with Crippen LogP contribution in [0.15, 0.2) is 6.20 Å². The first kappa shape index (κ1) is 14.2. The van der Waals surface area contributed by atoms with Crippen molar-refractivity contribution in [2.24, 2.45) is 18.4 Å². The second-order valence-corrected chi connectivity index (χ2v) is 6.03. The SMILES string of the molecule is CCc1nn(C)cc1CNCC(C)C(C)(C)C. The molecule has 1 rings (SSSR count). The van der Waals surface area contributed by atoms with E-state index in [-0.39, 0.29) is 0 Å². The summed E-state index contributed by atoms with van der Waals surface area (Å²) in [5.41, 5.74) is 2.91. The fourth-order valence-corrected chi connectivity index (χ4v) is 1.76. The molecule has 3 heteroatoms. The van der Waals surface area contributed by atoms with E-state index in [1.165, 1.54) is 11.3 Å². The number of rotatable bonds is 5. The largest absolute Gasteiger partial charge is 0.312 e. The highest BCUT2D eigenvalue weighted by molar-refractivity contribution is 5.16. The monoisotopic (exact) mass is 237 g/mol. The fraction of sp³-hybridized carbons (Fsp3) is 0.786. The zero-order valence-electron chi connectivity index (χ0n) is 12.2. The van der Waals surface area contributed by atoms with Crippen molar-refractivity contribution in [2.45, 2.75) is 47.6 Å². The van der Waals surface area contributed by atoms with Gasteiger partial charge in [-0.15, -0.1) is 0 Å². The van der Waals surface area contributed by atoms with Crippen LogP contribution < -0.4 is 5.32 Å². The van der Waals surface area contributed by atoms with E-state index in [1.54, 1.807) is 0 Å². The van der Waals surface area contributed by atoms with Crippen molar-refractivity contribution in [3.63, 3.8) is 0 Å². The number of aryl methyl sites for hydroxylation is 2. The topological polar surface area (TPSA) is 29.9 Å². The van der Waals surface area contributed by atoms with Crippen LogP contribution in [0.2, 0.25) is 0 Å². The molecule has 98 valence electrons. The molecule has 0 aliphatic heterocycles. The minimum absolute atomic E-state index is 0.371. The van der Waals surface area contributed by atoms with Crippen LogP contribution in [-0.4, -0.2) is 16.3 Å². The van der Waals surface area contributed by atoms with Crippen molar-refractivity contribution < 1.29 is 0 Å². The second-order valence-electron chi connectivity index (χ2n) is 6.03. The summed E-state index contributed by atoms with van der Waals surface area (Å²) in [6.07, 6.45) is 3.13. The van der Waals surface area contributed by atoms with Gasteiger partial charge in [-0.05, 0) is 24.3 Å². The third-order valence-corrected chi connectivity index (χ3v) is 3.57. The van der Waals surface area contributed by atoms with Crippen LogP contribution in [0.25, 0.3) is 0 Å². The van der Waals surface area contributed by atoms with Gasteiger partial charge >= 0.3 is 0 Å². The zero-order valence-corrected chi connectivity index (χ0v) is 12.2. The van der Waals surface area contributed by atoms with E-state index in [9.17, 15) is 0 Å². The van der Waals surface area contributed by atoms with Gasteiger partial charge in [0.25, 0.3) is 0 Å². The van der Waals surface area contributed by atoms with Crippen LogP contribution in [0.4, 0.5) is 0 Å². The predicted molar refractivity (Wildman–Crippen MR) is 72.9 cm³/mol. The minimum atomic E-state index is 0.371. The Hall–Kier alpha value is -0.830. The molecular formula is C14H27N3. The lowest BCUT2D eigenvalue weighted by atomic mass is 9.82. The summed E-state index contributed by atoms with van der Waals surface area (Å²) in [6.45, 7) is 13.3. The Bertz CT molecular complexity index is 347. The van der Waals surface area contributed by atoms with Crippen molar-refractivity contribution in [1.29, 1.82) is 0 Å². The molecule has 1 heterocycles. The van der Waals surface area contributed by atoms with E-state index in [2.05, 4.69) is 51.2 Å². The Morgan fingerprint density at radius 3 is 2.59 bits per heavy atom. The molecule has 0 aliphatic carbocycles. The van der Waals surface area contributed by atoms with Crippen LogP contribution in [0.5, 0.6) is 0 Å². The van der Waals surface area contributed by atoms with Gasteiger partial charge in [-0.1, -0.05) is 34.6 Å². The van der Waals surface area contributed by atoms with Crippen molar-refractivity contribution in [3.8, 4) is 0 Å². The summed E-state index contributed by atoms with van der Waals surface area (Å²) in [5.74, 6) is 0.671. The molecule has 0 bridgehead atoms. The molecule has 0 aliphatic rings. The highest BCUT2D eigenvalue weighted by atomic mass is 15.3. The normalized spacial score (nSPS) is 14.0. The molecule has 0 saturated carbocycles. The Balaban J connectivity index is 2.46. The summed E-state index contributed by atoms with van der Waals surface area (Å²) in [6, 6.07) is 0. The van der Waals surface area contributed by atoms with Gasteiger partial charge < -0.3 is 5.32 Å². The number of aromatic nitrogens is 2. The molecule has 0 saturated heterocycles. The third-order valence-electron chi connectivity index (χ3n) is 3.57. The summed E-state index contributed by atoms with van der Waals surface area (Å²) < 4.78 is 1.91. The molecule has 1 aromatic heterocycles. The second kappa shape index (κ2) is 5.67. The molecular weight excluding hydrogens is 210 g/mol. The van der Waals surface area contributed by atoms with Crippen molar-refractivity contribution >= 4 is 0 Å². The maximum absolute atomic E-state index is 4.45. The van der Waals surface area contributed by atoms with Gasteiger partial charge in [0, 0.05) is 25.4 Å². The van der Waals surface area contributed by atoms with E-state index in [4.69, 9.17) is 0 Å². The third kappa shape index (κ3) is 4.15. The maximum Gasteiger partial charge on any atom is 0.0666 e. The van der Waals surface area contributed by atoms with E-state index < -0.39 is 0 Å². The first-order valence-electron chi connectivity index (χ1n) is 6.56. The molecule has 0 spiro atoms. The quantitative estimate of drug-likeness (QED) is 0.853. The van der Waals surface area contributed by atoms with Gasteiger partial charge in [-0.2, -0.15) is 5.10 Å². The first-order valence-corrected chi connectivity index (χ1v) is 6.56. The molecule has 1 unspecified atom stereocenters. The molecule has 1 N–H and O–H groups in total. The van der Waals surface area contributed by atoms with Crippen molar-refractivity contribution in [3.05, 3.63) is 17.5 Å². The van der Waals surface area contributed by atoms with Crippen LogP contribution >= 0.6 is 0 Å². The lowest BCUT2D eigenvalue weighted by Crippen LogP contribution is -2.29. The highest BCUT2D eigenvalue weighted by Crippen LogP contribution is 2.24. The maximum atomic E-state index is 4.45. The van der Waals surface area contributed by atoms with Gasteiger partial charge in [-0.3, -0.25) is 4.68 Å². The average Bonchev–Trinajstić information content (AvgIpc) is 2.57. The Labute approximate surface area is 106 Å². The van der Waals surface area contributed by atoms with Crippen molar-refractivity contribution in [1.82, 2.24) is 15.1 Å². The van der Waals surface area contributed by atoms with Crippen LogP contribution in [0.3, 0.4) is 0 Å². The molecule has 1 atom stereocenters. The lowest BCUT2D eigenvalue weighted by molar-refractivity contribution is 0.252. The molecule has 3 nitrogen and oxygen atoms in total. The number of nitrogens with zero attached hydrogens (tertiary/aromatic N) is 2. The van der Waals surface area contributed by atoms with Gasteiger partial charge in [0.15, 0.2) is 0 Å². The number of hydrogen-bond acceptors (Lipinski definition) is 2. The Kier molecular flexibility index (Phi) is 4.75. The summed E-state index contributed by atoms with van der Waals surface area (Å²) >= 11 is 0. The molecule has 17 heavy (non-hydrogen) atoms. The summed E-state index contributed by atoms with van der Waals surface area (Å²) in [4.78, 5) is 0. The number of hydrogen-bond donors (Lipinski definition) is 1. The van der Waals surface area contributed by atoms with Crippen LogP contribution in [0.1, 0.15) is 45.9 Å². The Morgan fingerprint density at radius 1 is 1.41 bits per heavy atom. The predicted octanol–water partition coefficient (Wildman–Crippen LogP) is 2.75. The first-order chi connectivity index (χ1) is 7.84. The molecule has 0 aromatic carbocycles. The van der Waals surface area contributed by atoms with Gasteiger partial charge in [0.05, 0.1) is 5.69 Å². The zero-order chi connectivity index (χ0) is 13.1.